The lowest BCUT2D eigenvalue weighted by Crippen LogP contribution is -2.23. The van der Waals surface area contributed by atoms with Gasteiger partial charge in [0.2, 0.25) is 0 Å². The minimum absolute atomic E-state index is 0.535. The Hall–Kier alpha value is -1.84. The number of hydrogen-bond donors (Lipinski definition) is 1. The van der Waals surface area contributed by atoms with Gasteiger partial charge in [-0.1, -0.05) is 42.5 Å². The highest BCUT2D eigenvalue weighted by molar-refractivity contribution is 5.29. The molecule has 0 saturated carbocycles. The monoisotopic (exact) mass is 296 g/mol. The highest BCUT2D eigenvalue weighted by atomic mass is 16.5. The summed E-state index contributed by atoms with van der Waals surface area (Å²) in [4.78, 5) is 2.50. The zero-order chi connectivity index (χ0) is 15.4. The fourth-order valence-electron chi connectivity index (χ4n) is 3.44. The van der Waals surface area contributed by atoms with Crippen LogP contribution in [0, 0.1) is 5.92 Å². The molecule has 1 fully saturated rings. The Balaban J connectivity index is 1.71. The van der Waals surface area contributed by atoms with Crippen LogP contribution < -0.4 is 10.5 Å². The van der Waals surface area contributed by atoms with Crippen LogP contribution in [0.25, 0.3) is 0 Å². The lowest BCUT2D eigenvalue weighted by atomic mass is 9.89. The van der Waals surface area contributed by atoms with Crippen LogP contribution in [0.15, 0.2) is 54.6 Å². The van der Waals surface area contributed by atoms with Gasteiger partial charge in [-0.15, -0.1) is 0 Å². The van der Waals surface area contributed by atoms with Crippen molar-refractivity contribution in [3.63, 3.8) is 0 Å². The van der Waals surface area contributed by atoms with Gasteiger partial charge in [0, 0.05) is 25.6 Å². The van der Waals surface area contributed by atoms with E-state index in [4.69, 9.17) is 10.5 Å². The van der Waals surface area contributed by atoms with E-state index in [0.29, 0.717) is 11.8 Å². The Morgan fingerprint density at radius 2 is 1.91 bits per heavy atom. The summed E-state index contributed by atoms with van der Waals surface area (Å²) in [7, 11) is 1.71. The SMILES string of the molecule is COc1cccc(CN2C[C@@H](CN)[C@H](c3ccccc3)C2)c1. The van der Waals surface area contributed by atoms with E-state index in [-0.39, 0.29) is 0 Å². The predicted molar refractivity (Wildman–Crippen MR) is 90.0 cm³/mol. The molecule has 2 aromatic carbocycles. The Kier molecular flexibility index (Phi) is 4.76. The fraction of sp³-hybridized carbons (Fsp3) is 0.368. The summed E-state index contributed by atoms with van der Waals surface area (Å²) in [5, 5.41) is 0. The first-order valence-electron chi connectivity index (χ1n) is 7.90. The van der Waals surface area contributed by atoms with Gasteiger partial charge in [-0.2, -0.15) is 0 Å². The number of rotatable bonds is 5. The van der Waals surface area contributed by atoms with E-state index in [1.165, 1.54) is 11.1 Å². The predicted octanol–water partition coefficient (Wildman–Crippen LogP) is 2.87. The first kappa shape index (κ1) is 15.1. The van der Waals surface area contributed by atoms with Crippen molar-refractivity contribution in [2.45, 2.75) is 12.5 Å². The van der Waals surface area contributed by atoms with Crippen molar-refractivity contribution in [2.24, 2.45) is 11.7 Å². The molecule has 0 unspecified atom stereocenters. The largest absolute Gasteiger partial charge is 0.497 e. The van der Waals surface area contributed by atoms with Crippen LogP contribution in [0.1, 0.15) is 17.0 Å². The number of ether oxygens (including phenoxy) is 1. The van der Waals surface area contributed by atoms with Crippen molar-refractivity contribution in [3.05, 3.63) is 65.7 Å². The third kappa shape index (κ3) is 3.32. The van der Waals surface area contributed by atoms with Crippen molar-refractivity contribution >= 4 is 0 Å². The van der Waals surface area contributed by atoms with E-state index in [1.54, 1.807) is 7.11 Å². The summed E-state index contributed by atoms with van der Waals surface area (Å²) in [6, 6.07) is 19.1. The number of methoxy groups -OCH3 is 1. The zero-order valence-electron chi connectivity index (χ0n) is 13.1. The van der Waals surface area contributed by atoms with Crippen LogP contribution in [0.2, 0.25) is 0 Å². The Morgan fingerprint density at radius 3 is 2.64 bits per heavy atom. The van der Waals surface area contributed by atoms with Gasteiger partial charge < -0.3 is 10.5 Å². The van der Waals surface area contributed by atoms with Crippen molar-refractivity contribution in [2.75, 3.05) is 26.7 Å². The molecule has 0 amide bonds. The average Bonchev–Trinajstić information content (AvgIpc) is 2.98. The topological polar surface area (TPSA) is 38.5 Å². The molecule has 2 N–H and O–H groups in total. The first-order chi connectivity index (χ1) is 10.8. The van der Waals surface area contributed by atoms with Gasteiger partial charge in [0.1, 0.15) is 5.75 Å². The van der Waals surface area contributed by atoms with Gasteiger partial charge in [0.05, 0.1) is 7.11 Å². The maximum absolute atomic E-state index is 6.02. The quantitative estimate of drug-likeness (QED) is 0.922. The van der Waals surface area contributed by atoms with Crippen LogP contribution in [-0.2, 0) is 6.54 Å². The summed E-state index contributed by atoms with van der Waals surface area (Å²) < 4.78 is 5.31. The molecule has 0 aliphatic carbocycles. The fourth-order valence-corrected chi connectivity index (χ4v) is 3.44. The number of benzene rings is 2. The molecule has 3 heteroatoms. The zero-order valence-corrected chi connectivity index (χ0v) is 13.1. The summed E-state index contributed by atoms with van der Waals surface area (Å²) in [6.07, 6.45) is 0. The maximum atomic E-state index is 6.02. The number of likely N-dealkylation sites (tertiary alicyclic amines) is 1. The second-order valence-electron chi connectivity index (χ2n) is 6.06. The molecular formula is C19H24N2O. The molecule has 0 radical (unpaired) electrons. The summed E-state index contributed by atoms with van der Waals surface area (Å²) in [5.74, 6) is 2.00. The molecule has 1 heterocycles. The van der Waals surface area contributed by atoms with Gasteiger partial charge in [0.25, 0.3) is 0 Å². The minimum Gasteiger partial charge on any atom is -0.497 e. The van der Waals surface area contributed by atoms with Crippen molar-refractivity contribution < 1.29 is 4.74 Å². The number of nitrogens with two attached hydrogens (primary N) is 1. The van der Waals surface area contributed by atoms with Crippen LogP contribution in [-0.4, -0.2) is 31.6 Å². The molecule has 2 atom stereocenters. The van der Waals surface area contributed by atoms with E-state index in [2.05, 4.69) is 53.4 Å². The maximum Gasteiger partial charge on any atom is 0.119 e. The highest BCUT2D eigenvalue weighted by Crippen LogP contribution is 2.33. The lowest BCUT2D eigenvalue weighted by Gasteiger charge is -2.17. The van der Waals surface area contributed by atoms with Gasteiger partial charge in [0.15, 0.2) is 0 Å². The van der Waals surface area contributed by atoms with E-state index in [0.717, 1.165) is 31.9 Å². The lowest BCUT2D eigenvalue weighted by molar-refractivity contribution is 0.316. The molecule has 3 nitrogen and oxygen atoms in total. The van der Waals surface area contributed by atoms with Crippen LogP contribution in [0.4, 0.5) is 0 Å². The van der Waals surface area contributed by atoms with Crippen molar-refractivity contribution in [3.8, 4) is 5.75 Å². The second kappa shape index (κ2) is 6.95. The summed E-state index contributed by atoms with van der Waals surface area (Å²) in [5.41, 5.74) is 8.72. The van der Waals surface area contributed by atoms with Crippen LogP contribution in [0.3, 0.4) is 0 Å². The van der Waals surface area contributed by atoms with E-state index in [9.17, 15) is 0 Å². The molecule has 22 heavy (non-hydrogen) atoms. The Bertz CT molecular complexity index is 599. The summed E-state index contributed by atoms with van der Waals surface area (Å²) >= 11 is 0. The molecule has 1 aliphatic rings. The van der Waals surface area contributed by atoms with Gasteiger partial charge >= 0.3 is 0 Å². The molecule has 2 aromatic rings. The Morgan fingerprint density at radius 1 is 1.09 bits per heavy atom. The van der Waals surface area contributed by atoms with Gasteiger partial charge in [-0.3, -0.25) is 4.90 Å². The molecular weight excluding hydrogens is 272 g/mol. The normalized spacial score (nSPS) is 21.9. The minimum atomic E-state index is 0.535. The van der Waals surface area contributed by atoms with Crippen molar-refractivity contribution in [1.82, 2.24) is 4.90 Å². The first-order valence-corrected chi connectivity index (χ1v) is 7.90. The van der Waals surface area contributed by atoms with E-state index < -0.39 is 0 Å². The van der Waals surface area contributed by atoms with Crippen LogP contribution >= 0.6 is 0 Å². The van der Waals surface area contributed by atoms with E-state index >= 15 is 0 Å². The smallest absolute Gasteiger partial charge is 0.119 e. The molecule has 0 bridgehead atoms. The highest BCUT2D eigenvalue weighted by Gasteiger charge is 2.32. The second-order valence-corrected chi connectivity index (χ2v) is 6.06. The molecule has 1 aliphatic heterocycles. The van der Waals surface area contributed by atoms with Gasteiger partial charge in [-0.25, -0.2) is 0 Å². The third-order valence-electron chi connectivity index (χ3n) is 4.59. The van der Waals surface area contributed by atoms with Gasteiger partial charge in [-0.05, 0) is 35.7 Å². The third-order valence-corrected chi connectivity index (χ3v) is 4.59. The molecule has 116 valence electrons. The summed E-state index contributed by atoms with van der Waals surface area (Å²) in [6.45, 7) is 3.83. The van der Waals surface area contributed by atoms with E-state index in [1.807, 2.05) is 6.07 Å². The molecule has 0 aromatic heterocycles. The molecule has 0 spiro atoms. The standard InChI is InChI=1S/C19H24N2O/c1-22-18-9-5-6-15(10-18)12-21-13-17(11-20)19(14-21)16-7-3-2-4-8-16/h2-10,17,19H,11-14,20H2,1H3/t17-,19+/m1/s1. The molecule has 1 saturated heterocycles. The van der Waals surface area contributed by atoms with Crippen molar-refractivity contribution in [1.29, 1.82) is 0 Å². The Labute approximate surface area is 132 Å². The molecule has 3 rings (SSSR count). The average molecular weight is 296 g/mol. The number of nitrogens with zero attached hydrogens (tertiary/aromatic N) is 1. The number of hydrogen-bond acceptors (Lipinski definition) is 3. The van der Waals surface area contributed by atoms with Crippen LogP contribution in [0.5, 0.6) is 5.75 Å².